The number of aromatic nitrogens is 3. The average molecular weight is 336 g/mol. The molecule has 3 aromatic rings. The van der Waals surface area contributed by atoms with Crippen LogP contribution in [0, 0.1) is 0 Å². The number of anilines is 1. The second-order valence-corrected chi connectivity index (χ2v) is 6.60. The van der Waals surface area contributed by atoms with Crippen molar-refractivity contribution in [1.29, 1.82) is 0 Å². The van der Waals surface area contributed by atoms with Gasteiger partial charge < -0.3 is 15.1 Å². The minimum atomic E-state index is 0.761. The lowest BCUT2D eigenvalue weighted by molar-refractivity contribution is 0.311. The van der Waals surface area contributed by atoms with E-state index in [4.69, 9.17) is 0 Å². The topological polar surface area (TPSA) is 60.1 Å². The van der Waals surface area contributed by atoms with E-state index in [-0.39, 0.29) is 0 Å². The van der Waals surface area contributed by atoms with Crippen LogP contribution >= 0.6 is 0 Å². The van der Waals surface area contributed by atoms with Crippen molar-refractivity contribution in [2.24, 2.45) is 0 Å². The number of fused-ring (bicyclic) bond motifs is 1. The molecule has 0 bridgehead atoms. The standard InChI is InChI=1S/C19H24N6/c1-24-9-11-25(12-10-24)19-15(5-4-8-21-19)13-20-14-18-16-6-2-3-7-17(16)22-23-18/h2-8,20H,9-14H2,1H3,(H,22,23). The molecule has 0 atom stereocenters. The molecule has 1 saturated heterocycles. The Bertz CT molecular complexity index is 835. The van der Waals surface area contributed by atoms with Gasteiger partial charge in [0.15, 0.2) is 0 Å². The number of pyridine rings is 1. The van der Waals surface area contributed by atoms with Gasteiger partial charge in [-0.05, 0) is 19.2 Å². The van der Waals surface area contributed by atoms with Crippen LogP contribution in [-0.2, 0) is 13.1 Å². The van der Waals surface area contributed by atoms with Crippen molar-refractivity contribution in [2.45, 2.75) is 13.1 Å². The van der Waals surface area contributed by atoms with Crippen molar-refractivity contribution in [3.05, 3.63) is 53.9 Å². The van der Waals surface area contributed by atoms with E-state index in [0.29, 0.717) is 0 Å². The molecule has 1 fully saturated rings. The zero-order valence-electron chi connectivity index (χ0n) is 14.6. The van der Waals surface area contributed by atoms with E-state index in [0.717, 1.165) is 56.3 Å². The predicted molar refractivity (Wildman–Crippen MR) is 101 cm³/mol. The summed E-state index contributed by atoms with van der Waals surface area (Å²) in [5, 5.41) is 12.2. The summed E-state index contributed by atoms with van der Waals surface area (Å²) in [6, 6.07) is 12.4. The number of piperazine rings is 1. The Morgan fingerprint density at radius 1 is 1.04 bits per heavy atom. The molecule has 0 amide bonds. The van der Waals surface area contributed by atoms with Crippen molar-refractivity contribution < 1.29 is 0 Å². The summed E-state index contributed by atoms with van der Waals surface area (Å²) in [5.74, 6) is 1.11. The third kappa shape index (κ3) is 3.50. The molecule has 0 radical (unpaired) electrons. The molecule has 6 heteroatoms. The van der Waals surface area contributed by atoms with Crippen LogP contribution in [0.25, 0.3) is 10.9 Å². The first-order valence-electron chi connectivity index (χ1n) is 8.81. The van der Waals surface area contributed by atoms with Gasteiger partial charge in [-0.25, -0.2) is 4.98 Å². The molecule has 130 valence electrons. The third-order valence-electron chi connectivity index (χ3n) is 4.83. The number of hydrogen-bond donors (Lipinski definition) is 2. The summed E-state index contributed by atoms with van der Waals surface area (Å²) in [4.78, 5) is 9.39. The smallest absolute Gasteiger partial charge is 0.133 e. The SMILES string of the molecule is CN1CCN(c2ncccc2CNCc2[nH]nc3ccccc23)CC1. The molecule has 1 aromatic carbocycles. The first-order chi connectivity index (χ1) is 12.3. The van der Waals surface area contributed by atoms with Crippen LogP contribution in [0.5, 0.6) is 0 Å². The molecule has 0 aliphatic carbocycles. The van der Waals surface area contributed by atoms with Crippen LogP contribution in [0.3, 0.4) is 0 Å². The minimum absolute atomic E-state index is 0.761. The van der Waals surface area contributed by atoms with Crippen molar-refractivity contribution in [3.63, 3.8) is 0 Å². The Morgan fingerprint density at radius 2 is 1.88 bits per heavy atom. The van der Waals surface area contributed by atoms with Crippen molar-refractivity contribution >= 4 is 16.7 Å². The maximum Gasteiger partial charge on any atom is 0.133 e. The molecule has 6 nitrogen and oxygen atoms in total. The number of aromatic amines is 1. The lowest BCUT2D eigenvalue weighted by Crippen LogP contribution is -2.45. The van der Waals surface area contributed by atoms with Crippen molar-refractivity contribution in [1.82, 2.24) is 25.4 Å². The fourth-order valence-corrected chi connectivity index (χ4v) is 3.34. The van der Waals surface area contributed by atoms with E-state index in [1.807, 2.05) is 30.5 Å². The Hall–Kier alpha value is -2.44. The second-order valence-electron chi connectivity index (χ2n) is 6.60. The highest BCUT2D eigenvalue weighted by Crippen LogP contribution is 2.19. The van der Waals surface area contributed by atoms with Gasteiger partial charge in [-0.3, -0.25) is 5.10 Å². The third-order valence-corrected chi connectivity index (χ3v) is 4.83. The molecule has 1 aliphatic rings. The van der Waals surface area contributed by atoms with Gasteiger partial charge in [-0.15, -0.1) is 0 Å². The quantitative estimate of drug-likeness (QED) is 0.746. The first kappa shape index (κ1) is 16.1. The lowest BCUT2D eigenvalue weighted by atomic mass is 10.2. The summed E-state index contributed by atoms with van der Waals surface area (Å²) in [7, 11) is 2.17. The zero-order valence-corrected chi connectivity index (χ0v) is 14.6. The molecule has 0 saturated carbocycles. The maximum atomic E-state index is 4.64. The maximum absolute atomic E-state index is 4.64. The highest BCUT2D eigenvalue weighted by atomic mass is 15.3. The van der Waals surface area contributed by atoms with E-state index < -0.39 is 0 Å². The van der Waals surface area contributed by atoms with Gasteiger partial charge in [0, 0.05) is 56.4 Å². The molecule has 25 heavy (non-hydrogen) atoms. The number of likely N-dealkylation sites (N-methyl/N-ethyl adjacent to an activating group) is 1. The van der Waals surface area contributed by atoms with E-state index in [1.54, 1.807) is 0 Å². The summed E-state index contributed by atoms with van der Waals surface area (Å²) < 4.78 is 0. The van der Waals surface area contributed by atoms with Gasteiger partial charge >= 0.3 is 0 Å². The molecule has 0 spiro atoms. The van der Waals surface area contributed by atoms with Crippen molar-refractivity contribution in [2.75, 3.05) is 38.1 Å². The summed E-state index contributed by atoms with van der Waals surface area (Å²) in [6.07, 6.45) is 1.89. The fraction of sp³-hybridized carbons (Fsp3) is 0.368. The van der Waals surface area contributed by atoms with Gasteiger partial charge in [-0.2, -0.15) is 5.10 Å². The van der Waals surface area contributed by atoms with Gasteiger partial charge in [0.2, 0.25) is 0 Å². The van der Waals surface area contributed by atoms with E-state index in [9.17, 15) is 0 Å². The highest BCUT2D eigenvalue weighted by Gasteiger charge is 2.17. The first-order valence-corrected chi connectivity index (χ1v) is 8.81. The summed E-state index contributed by atoms with van der Waals surface area (Å²) in [6.45, 7) is 5.80. The van der Waals surface area contributed by atoms with E-state index >= 15 is 0 Å². The Morgan fingerprint density at radius 3 is 2.76 bits per heavy atom. The van der Waals surface area contributed by atoms with Crippen LogP contribution in [-0.4, -0.2) is 53.3 Å². The summed E-state index contributed by atoms with van der Waals surface area (Å²) in [5.41, 5.74) is 3.38. The molecular formula is C19H24N6. The normalized spacial score (nSPS) is 15.8. The number of H-pyrrole nitrogens is 1. The van der Waals surface area contributed by atoms with Crippen LogP contribution < -0.4 is 10.2 Å². The fourth-order valence-electron chi connectivity index (χ4n) is 3.34. The van der Waals surface area contributed by atoms with E-state index in [1.165, 1.54) is 10.9 Å². The van der Waals surface area contributed by atoms with Crippen LogP contribution in [0.1, 0.15) is 11.3 Å². The van der Waals surface area contributed by atoms with Crippen LogP contribution in [0.2, 0.25) is 0 Å². The number of benzene rings is 1. The molecule has 2 N–H and O–H groups in total. The highest BCUT2D eigenvalue weighted by molar-refractivity contribution is 5.81. The molecule has 1 aliphatic heterocycles. The molecule has 0 unspecified atom stereocenters. The van der Waals surface area contributed by atoms with Crippen LogP contribution in [0.4, 0.5) is 5.82 Å². The lowest BCUT2D eigenvalue weighted by Gasteiger charge is -2.34. The molecule has 3 heterocycles. The predicted octanol–water partition coefficient (Wildman–Crippen LogP) is 2.00. The molecule has 4 rings (SSSR count). The van der Waals surface area contributed by atoms with Gasteiger partial charge in [0.25, 0.3) is 0 Å². The number of hydrogen-bond acceptors (Lipinski definition) is 5. The van der Waals surface area contributed by atoms with Gasteiger partial charge in [-0.1, -0.05) is 24.3 Å². The molecular weight excluding hydrogens is 312 g/mol. The zero-order chi connectivity index (χ0) is 17.1. The number of para-hydroxylation sites is 1. The number of nitrogens with zero attached hydrogens (tertiary/aromatic N) is 4. The molecule has 2 aromatic heterocycles. The Labute approximate surface area is 147 Å². The minimum Gasteiger partial charge on any atom is -0.354 e. The van der Waals surface area contributed by atoms with E-state index in [2.05, 4.69) is 49.5 Å². The largest absolute Gasteiger partial charge is 0.354 e. The average Bonchev–Trinajstić information content (AvgIpc) is 3.06. The number of rotatable bonds is 5. The van der Waals surface area contributed by atoms with Gasteiger partial charge in [0.05, 0.1) is 11.2 Å². The Balaban J connectivity index is 1.43. The monoisotopic (exact) mass is 336 g/mol. The van der Waals surface area contributed by atoms with Crippen molar-refractivity contribution in [3.8, 4) is 0 Å². The number of nitrogens with one attached hydrogen (secondary N) is 2. The second kappa shape index (κ2) is 7.21. The Kier molecular flexibility index (Phi) is 4.63. The van der Waals surface area contributed by atoms with Gasteiger partial charge in [0.1, 0.15) is 5.82 Å². The summed E-state index contributed by atoms with van der Waals surface area (Å²) >= 11 is 0. The van der Waals surface area contributed by atoms with Crippen LogP contribution in [0.15, 0.2) is 42.6 Å².